The molecule has 5 heteroatoms. The zero-order valence-corrected chi connectivity index (χ0v) is 7.56. The summed E-state index contributed by atoms with van der Waals surface area (Å²) in [5, 5.41) is 8.86. The van der Waals surface area contributed by atoms with E-state index in [1.807, 2.05) is 0 Å². The largest absolute Gasteiger partial charge is 0.481 e. The van der Waals surface area contributed by atoms with Crippen LogP contribution in [0.2, 0.25) is 0 Å². The number of carboxylic acids is 1. The number of carbonyl (C=O) groups is 1. The summed E-state index contributed by atoms with van der Waals surface area (Å²) in [6.07, 6.45) is 0.509. The number of hydrogen-bond acceptors (Lipinski definition) is 1. The van der Waals surface area contributed by atoms with Crippen LogP contribution in [0, 0.1) is 17.5 Å². The lowest BCUT2D eigenvalue weighted by Gasteiger charge is -2.11. The maximum absolute atomic E-state index is 13.3. The van der Waals surface area contributed by atoms with E-state index in [-0.39, 0.29) is 18.4 Å². The third-order valence-corrected chi connectivity index (χ3v) is 2.68. The van der Waals surface area contributed by atoms with Crippen molar-refractivity contribution in [3.63, 3.8) is 0 Å². The standard InChI is InChI=1S/C10H7F3O2/c11-6-4-8(13)7(12)3-5(6)10(1-2-10)9(14)15/h3-4H,1-2H2,(H,14,15). The average molecular weight is 216 g/mol. The van der Waals surface area contributed by atoms with Crippen LogP contribution in [-0.4, -0.2) is 11.1 Å². The summed E-state index contributed by atoms with van der Waals surface area (Å²) in [6, 6.07) is 1.01. The molecule has 0 saturated heterocycles. The van der Waals surface area contributed by atoms with Crippen molar-refractivity contribution >= 4 is 5.97 Å². The van der Waals surface area contributed by atoms with Gasteiger partial charge in [-0.25, -0.2) is 13.2 Å². The third kappa shape index (κ3) is 1.38. The predicted octanol–water partition coefficient (Wildman–Crippen LogP) is 2.22. The second kappa shape index (κ2) is 2.98. The highest BCUT2D eigenvalue weighted by Gasteiger charge is 2.53. The van der Waals surface area contributed by atoms with Crippen molar-refractivity contribution < 1.29 is 23.1 Å². The minimum atomic E-state index is -1.35. The topological polar surface area (TPSA) is 37.3 Å². The first-order valence-corrected chi connectivity index (χ1v) is 4.36. The lowest BCUT2D eigenvalue weighted by molar-refractivity contribution is -0.140. The summed E-state index contributed by atoms with van der Waals surface area (Å²) < 4.78 is 38.7. The maximum atomic E-state index is 13.3. The molecular formula is C10H7F3O2. The van der Waals surface area contributed by atoms with Gasteiger partial charge in [-0.1, -0.05) is 0 Å². The molecule has 0 radical (unpaired) electrons. The first kappa shape index (κ1) is 10.0. The van der Waals surface area contributed by atoms with E-state index in [4.69, 9.17) is 5.11 Å². The predicted molar refractivity (Wildman–Crippen MR) is 44.9 cm³/mol. The summed E-state index contributed by atoms with van der Waals surface area (Å²) >= 11 is 0. The van der Waals surface area contributed by atoms with Crippen molar-refractivity contribution in [1.29, 1.82) is 0 Å². The van der Waals surface area contributed by atoms with Gasteiger partial charge in [0.2, 0.25) is 0 Å². The lowest BCUT2D eigenvalue weighted by Crippen LogP contribution is -2.21. The first-order chi connectivity index (χ1) is 6.97. The van der Waals surface area contributed by atoms with E-state index in [9.17, 15) is 18.0 Å². The van der Waals surface area contributed by atoms with Crippen LogP contribution < -0.4 is 0 Å². The normalized spacial score (nSPS) is 17.5. The molecule has 0 spiro atoms. The summed E-state index contributed by atoms with van der Waals surface area (Å²) in [6.45, 7) is 0. The number of rotatable bonds is 2. The quantitative estimate of drug-likeness (QED) is 0.769. The molecule has 2 nitrogen and oxygen atoms in total. The monoisotopic (exact) mass is 216 g/mol. The van der Waals surface area contributed by atoms with Crippen molar-refractivity contribution in [1.82, 2.24) is 0 Å². The Morgan fingerprint density at radius 1 is 1.13 bits per heavy atom. The van der Waals surface area contributed by atoms with Crippen molar-refractivity contribution in [2.24, 2.45) is 0 Å². The van der Waals surface area contributed by atoms with E-state index in [0.29, 0.717) is 12.1 Å². The second-order valence-electron chi connectivity index (χ2n) is 3.63. The molecule has 1 aromatic carbocycles. The van der Waals surface area contributed by atoms with Gasteiger partial charge in [-0.05, 0) is 18.9 Å². The molecule has 0 unspecified atom stereocenters. The molecule has 2 rings (SSSR count). The van der Waals surface area contributed by atoms with Gasteiger partial charge < -0.3 is 5.11 Å². The van der Waals surface area contributed by atoms with E-state index in [2.05, 4.69) is 0 Å². The Labute approximate surface area is 83.3 Å². The Balaban J connectivity index is 2.54. The Morgan fingerprint density at radius 3 is 2.13 bits per heavy atom. The van der Waals surface area contributed by atoms with E-state index >= 15 is 0 Å². The fourth-order valence-electron chi connectivity index (χ4n) is 1.61. The first-order valence-electron chi connectivity index (χ1n) is 4.36. The number of hydrogen-bond donors (Lipinski definition) is 1. The zero-order valence-electron chi connectivity index (χ0n) is 7.56. The molecule has 0 amide bonds. The van der Waals surface area contributed by atoms with E-state index < -0.39 is 28.8 Å². The van der Waals surface area contributed by atoms with Gasteiger partial charge in [0, 0.05) is 11.6 Å². The summed E-state index contributed by atoms with van der Waals surface area (Å²) in [5.74, 6) is -4.74. The van der Waals surface area contributed by atoms with Gasteiger partial charge in [-0.2, -0.15) is 0 Å². The Morgan fingerprint density at radius 2 is 1.67 bits per heavy atom. The van der Waals surface area contributed by atoms with Crippen molar-refractivity contribution in [3.8, 4) is 0 Å². The van der Waals surface area contributed by atoms with Crippen LogP contribution in [-0.2, 0) is 10.2 Å². The number of carboxylic acid groups (broad SMARTS) is 1. The molecule has 1 saturated carbocycles. The van der Waals surface area contributed by atoms with Crippen LogP contribution >= 0.6 is 0 Å². The molecule has 0 heterocycles. The summed E-state index contributed by atoms with van der Waals surface area (Å²) in [4.78, 5) is 10.8. The molecule has 1 aliphatic rings. The van der Waals surface area contributed by atoms with Crippen LogP contribution in [0.25, 0.3) is 0 Å². The van der Waals surface area contributed by atoms with Crippen LogP contribution in [0.3, 0.4) is 0 Å². The van der Waals surface area contributed by atoms with Gasteiger partial charge in [-0.3, -0.25) is 4.79 Å². The Kier molecular flexibility index (Phi) is 1.99. The average Bonchev–Trinajstić information content (AvgIpc) is 2.92. The number of benzene rings is 1. The minimum absolute atomic E-state index is 0.254. The highest BCUT2D eigenvalue weighted by Crippen LogP contribution is 2.49. The number of aliphatic carboxylic acids is 1. The summed E-state index contributed by atoms with van der Waals surface area (Å²) in [7, 11) is 0. The van der Waals surface area contributed by atoms with Gasteiger partial charge in [0.25, 0.3) is 0 Å². The highest BCUT2D eigenvalue weighted by atomic mass is 19.2. The molecule has 0 atom stereocenters. The van der Waals surface area contributed by atoms with Gasteiger partial charge in [0.15, 0.2) is 11.6 Å². The fourth-order valence-corrected chi connectivity index (χ4v) is 1.61. The van der Waals surface area contributed by atoms with Gasteiger partial charge in [0.1, 0.15) is 5.82 Å². The maximum Gasteiger partial charge on any atom is 0.314 e. The molecule has 1 fully saturated rings. The fraction of sp³-hybridized carbons (Fsp3) is 0.300. The molecule has 1 aliphatic carbocycles. The number of halogens is 3. The van der Waals surface area contributed by atoms with Crippen LogP contribution in [0.4, 0.5) is 13.2 Å². The van der Waals surface area contributed by atoms with Crippen molar-refractivity contribution in [2.75, 3.05) is 0 Å². The SMILES string of the molecule is O=C(O)C1(c2cc(F)c(F)cc2F)CC1. The van der Waals surface area contributed by atoms with E-state index in [1.54, 1.807) is 0 Å². The molecular weight excluding hydrogens is 209 g/mol. The molecule has 0 aromatic heterocycles. The van der Waals surface area contributed by atoms with Crippen LogP contribution in [0.15, 0.2) is 12.1 Å². The molecule has 80 valence electrons. The van der Waals surface area contributed by atoms with E-state index in [0.717, 1.165) is 0 Å². The molecule has 1 aromatic rings. The lowest BCUT2D eigenvalue weighted by atomic mass is 9.95. The molecule has 0 aliphatic heterocycles. The second-order valence-corrected chi connectivity index (χ2v) is 3.63. The Hall–Kier alpha value is -1.52. The van der Waals surface area contributed by atoms with Crippen molar-refractivity contribution in [2.45, 2.75) is 18.3 Å². The zero-order chi connectivity index (χ0) is 11.2. The third-order valence-electron chi connectivity index (χ3n) is 2.68. The van der Waals surface area contributed by atoms with Gasteiger partial charge in [0.05, 0.1) is 5.41 Å². The molecule has 1 N–H and O–H groups in total. The molecule has 15 heavy (non-hydrogen) atoms. The van der Waals surface area contributed by atoms with Crippen molar-refractivity contribution in [3.05, 3.63) is 35.1 Å². The molecule has 0 bridgehead atoms. The smallest absolute Gasteiger partial charge is 0.314 e. The summed E-state index contributed by atoms with van der Waals surface area (Å²) in [5.41, 5.74) is -1.62. The Bertz CT molecular complexity index is 439. The highest BCUT2D eigenvalue weighted by molar-refractivity contribution is 5.84. The van der Waals surface area contributed by atoms with Gasteiger partial charge in [-0.15, -0.1) is 0 Å². The van der Waals surface area contributed by atoms with E-state index in [1.165, 1.54) is 0 Å². The van der Waals surface area contributed by atoms with Crippen LogP contribution in [0.1, 0.15) is 18.4 Å². The minimum Gasteiger partial charge on any atom is -0.481 e. The van der Waals surface area contributed by atoms with Crippen LogP contribution in [0.5, 0.6) is 0 Å². The van der Waals surface area contributed by atoms with Gasteiger partial charge >= 0.3 is 5.97 Å².